The molecule has 0 spiro atoms. The second-order valence-corrected chi connectivity index (χ2v) is 4.11. The summed E-state index contributed by atoms with van der Waals surface area (Å²) in [6.07, 6.45) is 1.07. The molecule has 5 heteroatoms. The molecule has 2 unspecified atom stereocenters. The SMILES string of the molecule is COCCOCCOCCOC(C)CC(C)N. The Bertz CT molecular complexity index is 155. The van der Waals surface area contributed by atoms with Gasteiger partial charge in [0.1, 0.15) is 0 Å². The van der Waals surface area contributed by atoms with E-state index in [9.17, 15) is 0 Å². The zero-order valence-corrected chi connectivity index (χ0v) is 11.3. The summed E-state index contributed by atoms with van der Waals surface area (Å²) in [5.74, 6) is 0. The maximum absolute atomic E-state index is 5.67. The molecule has 0 saturated carbocycles. The zero-order chi connectivity index (χ0) is 12.9. The fraction of sp³-hybridized carbons (Fsp3) is 1.00. The van der Waals surface area contributed by atoms with Gasteiger partial charge < -0.3 is 24.7 Å². The predicted octanol–water partition coefficient (Wildman–Crippen LogP) is 0.808. The highest BCUT2D eigenvalue weighted by molar-refractivity contribution is 4.59. The summed E-state index contributed by atoms with van der Waals surface area (Å²) in [4.78, 5) is 0. The van der Waals surface area contributed by atoms with Crippen LogP contribution in [0, 0.1) is 0 Å². The lowest BCUT2D eigenvalue weighted by Crippen LogP contribution is -2.24. The molecule has 0 aromatic heterocycles. The van der Waals surface area contributed by atoms with Crippen LogP contribution in [0.15, 0.2) is 0 Å². The Labute approximate surface area is 105 Å². The van der Waals surface area contributed by atoms with Crippen molar-refractivity contribution < 1.29 is 18.9 Å². The first-order valence-electron chi connectivity index (χ1n) is 6.18. The lowest BCUT2D eigenvalue weighted by molar-refractivity contribution is -0.0145. The summed E-state index contributed by atoms with van der Waals surface area (Å²) in [6, 6.07) is 0.181. The highest BCUT2D eigenvalue weighted by atomic mass is 16.6. The number of hydrogen-bond acceptors (Lipinski definition) is 5. The van der Waals surface area contributed by atoms with Crippen molar-refractivity contribution in [2.75, 3.05) is 46.8 Å². The van der Waals surface area contributed by atoms with Crippen LogP contribution in [-0.2, 0) is 18.9 Å². The Morgan fingerprint density at radius 2 is 1.41 bits per heavy atom. The summed E-state index contributed by atoms with van der Waals surface area (Å²) >= 11 is 0. The number of methoxy groups -OCH3 is 1. The molecule has 0 aliphatic carbocycles. The normalized spacial score (nSPS) is 14.8. The third-order valence-corrected chi connectivity index (χ3v) is 2.14. The van der Waals surface area contributed by atoms with E-state index in [1.54, 1.807) is 7.11 Å². The van der Waals surface area contributed by atoms with Crippen LogP contribution in [0.5, 0.6) is 0 Å². The van der Waals surface area contributed by atoms with Gasteiger partial charge in [-0.2, -0.15) is 0 Å². The summed E-state index contributed by atoms with van der Waals surface area (Å²) in [7, 11) is 1.65. The van der Waals surface area contributed by atoms with Crippen molar-refractivity contribution in [3.63, 3.8) is 0 Å². The van der Waals surface area contributed by atoms with Gasteiger partial charge in [-0.1, -0.05) is 0 Å². The molecule has 5 nitrogen and oxygen atoms in total. The van der Waals surface area contributed by atoms with E-state index in [0.717, 1.165) is 6.42 Å². The van der Waals surface area contributed by atoms with Gasteiger partial charge >= 0.3 is 0 Å². The molecule has 0 amide bonds. The minimum Gasteiger partial charge on any atom is -0.382 e. The first kappa shape index (κ1) is 16.8. The lowest BCUT2D eigenvalue weighted by Gasteiger charge is -2.15. The third-order valence-electron chi connectivity index (χ3n) is 2.14. The van der Waals surface area contributed by atoms with Crippen molar-refractivity contribution in [3.8, 4) is 0 Å². The van der Waals surface area contributed by atoms with Crippen LogP contribution in [0.3, 0.4) is 0 Å². The molecule has 2 atom stereocenters. The topological polar surface area (TPSA) is 62.9 Å². The highest BCUT2D eigenvalue weighted by Crippen LogP contribution is 1.99. The molecule has 0 aliphatic heterocycles. The Morgan fingerprint density at radius 3 is 1.94 bits per heavy atom. The van der Waals surface area contributed by atoms with Crippen LogP contribution in [0.2, 0.25) is 0 Å². The summed E-state index contributed by atoms with van der Waals surface area (Å²) in [5.41, 5.74) is 5.67. The first-order valence-corrected chi connectivity index (χ1v) is 6.18. The van der Waals surface area contributed by atoms with Crippen LogP contribution in [-0.4, -0.2) is 58.9 Å². The molecule has 0 bridgehead atoms. The summed E-state index contributed by atoms with van der Waals surface area (Å²) < 4.78 is 21.0. The van der Waals surface area contributed by atoms with Gasteiger partial charge in [0.15, 0.2) is 0 Å². The fourth-order valence-corrected chi connectivity index (χ4v) is 1.36. The van der Waals surface area contributed by atoms with Gasteiger partial charge in [0.25, 0.3) is 0 Å². The van der Waals surface area contributed by atoms with E-state index in [2.05, 4.69) is 0 Å². The van der Waals surface area contributed by atoms with Crippen molar-refractivity contribution in [3.05, 3.63) is 0 Å². The molecule has 0 aliphatic rings. The van der Waals surface area contributed by atoms with Crippen molar-refractivity contribution in [2.45, 2.75) is 32.4 Å². The Morgan fingerprint density at radius 1 is 0.882 bits per heavy atom. The predicted molar refractivity (Wildman–Crippen MR) is 67.2 cm³/mol. The van der Waals surface area contributed by atoms with Crippen LogP contribution >= 0.6 is 0 Å². The van der Waals surface area contributed by atoms with Gasteiger partial charge in [-0.15, -0.1) is 0 Å². The van der Waals surface area contributed by atoms with Crippen molar-refractivity contribution in [1.82, 2.24) is 0 Å². The van der Waals surface area contributed by atoms with E-state index in [-0.39, 0.29) is 12.1 Å². The molecule has 0 aromatic rings. The molecule has 0 heterocycles. The van der Waals surface area contributed by atoms with E-state index in [1.165, 1.54) is 0 Å². The average molecular weight is 249 g/mol. The maximum atomic E-state index is 5.67. The monoisotopic (exact) mass is 249 g/mol. The Kier molecular flexibility index (Phi) is 12.1. The van der Waals surface area contributed by atoms with Gasteiger partial charge in [0, 0.05) is 13.2 Å². The molecule has 17 heavy (non-hydrogen) atoms. The Balaban J connectivity index is 3.07. The second-order valence-electron chi connectivity index (χ2n) is 4.11. The van der Waals surface area contributed by atoms with Crippen LogP contribution in [0.4, 0.5) is 0 Å². The molecule has 0 rings (SSSR count). The average Bonchev–Trinajstić information content (AvgIpc) is 2.26. The summed E-state index contributed by atoms with van der Waals surface area (Å²) in [5, 5.41) is 0. The zero-order valence-electron chi connectivity index (χ0n) is 11.3. The van der Waals surface area contributed by atoms with E-state index in [0.29, 0.717) is 39.6 Å². The van der Waals surface area contributed by atoms with E-state index >= 15 is 0 Å². The molecule has 2 N–H and O–H groups in total. The standard InChI is InChI=1S/C12H27NO4/c1-11(13)10-12(2)17-9-8-16-7-6-15-5-4-14-3/h11-12H,4-10,13H2,1-3H3. The van der Waals surface area contributed by atoms with E-state index < -0.39 is 0 Å². The molecule has 104 valence electrons. The number of rotatable bonds is 12. The van der Waals surface area contributed by atoms with Gasteiger partial charge in [0.2, 0.25) is 0 Å². The minimum absolute atomic E-state index is 0.181. The molecular formula is C12H27NO4. The number of ether oxygens (including phenoxy) is 4. The van der Waals surface area contributed by atoms with Gasteiger partial charge in [0.05, 0.1) is 45.7 Å². The largest absolute Gasteiger partial charge is 0.382 e. The molecule has 0 aromatic carbocycles. The minimum atomic E-state index is 0.181. The first-order chi connectivity index (χ1) is 8.16. The van der Waals surface area contributed by atoms with Gasteiger partial charge in [-0.25, -0.2) is 0 Å². The van der Waals surface area contributed by atoms with E-state index in [1.807, 2.05) is 13.8 Å². The van der Waals surface area contributed by atoms with Crippen LogP contribution < -0.4 is 5.73 Å². The Hall–Kier alpha value is -0.200. The third kappa shape index (κ3) is 13.7. The van der Waals surface area contributed by atoms with Crippen molar-refractivity contribution in [2.24, 2.45) is 5.73 Å². The highest BCUT2D eigenvalue weighted by Gasteiger charge is 2.04. The van der Waals surface area contributed by atoms with Crippen LogP contribution in [0.1, 0.15) is 20.3 Å². The maximum Gasteiger partial charge on any atom is 0.0704 e. The smallest absolute Gasteiger partial charge is 0.0704 e. The molecule has 0 radical (unpaired) electrons. The quantitative estimate of drug-likeness (QED) is 0.519. The molecule has 0 fully saturated rings. The van der Waals surface area contributed by atoms with Crippen LogP contribution in [0.25, 0.3) is 0 Å². The van der Waals surface area contributed by atoms with Gasteiger partial charge in [-0.05, 0) is 20.3 Å². The number of nitrogens with two attached hydrogens (primary N) is 1. The molecular weight excluding hydrogens is 222 g/mol. The lowest BCUT2D eigenvalue weighted by atomic mass is 10.2. The van der Waals surface area contributed by atoms with Crippen molar-refractivity contribution in [1.29, 1.82) is 0 Å². The summed E-state index contributed by atoms with van der Waals surface area (Å²) in [6.45, 7) is 7.63. The van der Waals surface area contributed by atoms with Crippen molar-refractivity contribution >= 4 is 0 Å². The van der Waals surface area contributed by atoms with E-state index in [4.69, 9.17) is 24.7 Å². The fourth-order valence-electron chi connectivity index (χ4n) is 1.36. The molecule has 0 saturated heterocycles. The van der Waals surface area contributed by atoms with Gasteiger partial charge in [-0.3, -0.25) is 0 Å². The second kappa shape index (κ2) is 12.3. The number of hydrogen-bond donors (Lipinski definition) is 1.